The molecule has 18 heavy (non-hydrogen) atoms. The second-order valence-corrected chi connectivity index (χ2v) is 4.64. The molecule has 0 aliphatic carbocycles. The van der Waals surface area contributed by atoms with Crippen LogP contribution in [0.3, 0.4) is 0 Å². The molecule has 1 aromatic carbocycles. The Morgan fingerprint density at radius 2 is 2.06 bits per heavy atom. The minimum absolute atomic E-state index is 0.0416. The topological polar surface area (TPSA) is 55.4 Å². The Bertz CT molecular complexity index is 457. The predicted molar refractivity (Wildman–Crippen MR) is 66.6 cm³/mol. The number of ether oxygens (including phenoxy) is 1. The Kier molecular flexibility index (Phi) is 3.36. The van der Waals surface area contributed by atoms with Gasteiger partial charge >= 0.3 is 5.97 Å². The Morgan fingerprint density at radius 3 is 2.56 bits per heavy atom. The Morgan fingerprint density at radius 1 is 1.39 bits per heavy atom. The molecule has 4 nitrogen and oxygen atoms in total. The van der Waals surface area contributed by atoms with Crippen molar-refractivity contribution in [3.05, 3.63) is 35.9 Å². The second-order valence-electron chi connectivity index (χ2n) is 4.64. The molecule has 1 N–H and O–H groups in total. The fourth-order valence-electron chi connectivity index (χ4n) is 2.35. The summed E-state index contributed by atoms with van der Waals surface area (Å²) in [6.45, 7) is 3.30. The van der Waals surface area contributed by atoms with E-state index < -0.39 is 11.6 Å². The molecule has 0 radical (unpaired) electrons. The Labute approximate surface area is 106 Å². The molecule has 0 saturated carbocycles. The predicted octanol–water partition coefficient (Wildman–Crippen LogP) is 1.64. The van der Waals surface area contributed by atoms with Crippen molar-refractivity contribution in [1.29, 1.82) is 0 Å². The third kappa shape index (κ3) is 2.10. The quantitative estimate of drug-likeness (QED) is 0.650. The number of carbonyl (C=O) groups excluding carboxylic acids is 2. The summed E-state index contributed by atoms with van der Waals surface area (Å²) in [5.74, 6) is -0.411. The van der Waals surface area contributed by atoms with Gasteiger partial charge in [-0.3, -0.25) is 9.59 Å². The van der Waals surface area contributed by atoms with Crippen molar-refractivity contribution in [2.45, 2.75) is 32.9 Å². The molecule has 0 bridgehead atoms. The van der Waals surface area contributed by atoms with Crippen molar-refractivity contribution >= 4 is 11.9 Å². The van der Waals surface area contributed by atoms with Crippen molar-refractivity contribution in [2.75, 3.05) is 0 Å². The van der Waals surface area contributed by atoms with E-state index in [9.17, 15) is 9.59 Å². The molecule has 1 aliphatic rings. The fraction of sp³-hybridized carbons (Fsp3) is 0.429. The Hall–Kier alpha value is -1.84. The SMILES string of the molecule is CC[C@]1(Cc2ccccc2)C(=O)NC1OC(C)=O. The summed E-state index contributed by atoms with van der Waals surface area (Å²) in [5, 5.41) is 2.65. The number of carbonyl (C=O) groups is 2. The van der Waals surface area contributed by atoms with Crippen LogP contribution in [0.2, 0.25) is 0 Å². The van der Waals surface area contributed by atoms with Crippen molar-refractivity contribution in [3.8, 4) is 0 Å². The van der Waals surface area contributed by atoms with Gasteiger partial charge in [-0.2, -0.15) is 0 Å². The minimum atomic E-state index is -0.618. The van der Waals surface area contributed by atoms with E-state index in [1.807, 2.05) is 37.3 Å². The maximum absolute atomic E-state index is 11.9. The zero-order chi connectivity index (χ0) is 13.2. The first-order valence-electron chi connectivity index (χ1n) is 6.10. The molecule has 1 amide bonds. The standard InChI is InChI=1S/C14H17NO3/c1-3-14(9-11-7-5-4-6-8-11)12(17)15-13(14)18-10(2)16/h4-8,13H,3,9H2,1-2H3,(H,15,17)/t13?,14-/m0/s1. The molecular weight excluding hydrogens is 230 g/mol. The lowest BCUT2D eigenvalue weighted by Gasteiger charge is -2.47. The van der Waals surface area contributed by atoms with Crippen LogP contribution in [0.5, 0.6) is 0 Å². The maximum atomic E-state index is 11.9. The van der Waals surface area contributed by atoms with Gasteiger partial charge in [-0.15, -0.1) is 0 Å². The van der Waals surface area contributed by atoms with Crippen LogP contribution >= 0.6 is 0 Å². The fourth-order valence-corrected chi connectivity index (χ4v) is 2.35. The number of amides is 1. The van der Waals surface area contributed by atoms with Gasteiger partial charge in [-0.05, 0) is 18.4 Å². The van der Waals surface area contributed by atoms with E-state index in [1.165, 1.54) is 6.92 Å². The summed E-state index contributed by atoms with van der Waals surface area (Å²) in [4.78, 5) is 22.9. The normalized spacial score (nSPS) is 26.1. The molecule has 1 aromatic rings. The molecule has 1 fully saturated rings. The van der Waals surface area contributed by atoms with Gasteiger partial charge in [0.1, 0.15) is 5.41 Å². The largest absolute Gasteiger partial charge is 0.441 e. The molecule has 0 spiro atoms. The van der Waals surface area contributed by atoms with E-state index in [0.29, 0.717) is 12.8 Å². The smallest absolute Gasteiger partial charge is 0.304 e. The van der Waals surface area contributed by atoms with Gasteiger partial charge < -0.3 is 10.1 Å². The number of rotatable bonds is 4. The van der Waals surface area contributed by atoms with E-state index in [1.54, 1.807) is 0 Å². The number of hydrogen-bond donors (Lipinski definition) is 1. The summed E-state index contributed by atoms with van der Waals surface area (Å²) >= 11 is 0. The van der Waals surface area contributed by atoms with Crippen molar-refractivity contribution in [3.63, 3.8) is 0 Å². The second kappa shape index (κ2) is 4.80. The van der Waals surface area contributed by atoms with Crippen molar-refractivity contribution in [2.24, 2.45) is 5.41 Å². The molecule has 1 aliphatic heterocycles. The van der Waals surface area contributed by atoms with E-state index >= 15 is 0 Å². The van der Waals surface area contributed by atoms with E-state index in [2.05, 4.69) is 5.32 Å². The third-order valence-corrected chi connectivity index (χ3v) is 3.49. The molecule has 4 heteroatoms. The molecule has 96 valence electrons. The van der Waals surface area contributed by atoms with Gasteiger partial charge in [0, 0.05) is 6.92 Å². The molecule has 2 rings (SSSR count). The number of esters is 1. The molecular formula is C14H17NO3. The van der Waals surface area contributed by atoms with E-state index in [0.717, 1.165) is 5.56 Å². The van der Waals surface area contributed by atoms with Gasteiger partial charge in [0.05, 0.1) is 0 Å². The number of nitrogens with one attached hydrogen (secondary N) is 1. The van der Waals surface area contributed by atoms with E-state index in [4.69, 9.17) is 4.74 Å². The van der Waals surface area contributed by atoms with Crippen LogP contribution in [0.25, 0.3) is 0 Å². The number of hydrogen-bond acceptors (Lipinski definition) is 3. The first-order chi connectivity index (χ1) is 8.58. The van der Waals surface area contributed by atoms with Gasteiger partial charge in [0.15, 0.2) is 6.23 Å². The van der Waals surface area contributed by atoms with Crippen LogP contribution in [-0.2, 0) is 20.7 Å². The number of β-lactam (4-membered cyclic amide) rings is 1. The lowest BCUT2D eigenvalue weighted by molar-refractivity contribution is -0.182. The summed E-state index contributed by atoms with van der Waals surface area (Å²) in [6.07, 6.45) is 0.729. The average Bonchev–Trinajstić information content (AvgIpc) is 2.36. The summed E-state index contributed by atoms with van der Waals surface area (Å²) in [6, 6.07) is 9.78. The monoisotopic (exact) mass is 247 g/mol. The summed E-state index contributed by atoms with van der Waals surface area (Å²) < 4.78 is 5.16. The van der Waals surface area contributed by atoms with Crippen LogP contribution in [0.1, 0.15) is 25.8 Å². The molecule has 1 unspecified atom stereocenters. The molecule has 0 aromatic heterocycles. The molecule has 2 atom stereocenters. The average molecular weight is 247 g/mol. The van der Waals surface area contributed by atoms with Crippen LogP contribution in [-0.4, -0.2) is 18.1 Å². The van der Waals surface area contributed by atoms with Crippen molar-refractivity contribution < 1.29 is 14.3 Å². The summed E-state index contributed by atoms with van der Waals surface area (Å²) in [7, 11) is 0. The lowest BCUT2D eigenvalue weighted by Crippen LogP contribution is -2.69. The molecule has 1 heterocycles. The van der Waals surface area contributed by atoms with Crippen LogP contribution in [0.15, 0.2) is 30.3 Å². The minimum Gasteiger partial charge on any atom is -0.441 e. The van der Waals surface area contributed by atoms with Crippen molar-refractivity contribution in [1.82, 2.24) is 5.32 Å². The maximum Gasteiger partial charge on any atom is 0.304 e. The third-order valence-electron chi connectivity index (χ3n) is 3.49. The highest BCUT2D eigenvalue weighted by atomic mass is 16.6. The highest BCUT2D eigenvalue weighted by Gasteiger charge is 2.55. The Balaban J connectivity index is 2.18. The zero-order valence-electron chi connectivity index (χ0n) is 10.6. The van der Waals surface area contributed by atoms with Crippen LogP contribution in [0, 0.1) is 5.41 Å². The first-order valence-corrected chi connectivity index (χ1v) is 6.10. The van der Waals surface area contributed by atoms with E-state index in [-0.39, 0.29) is 11.9 Å². The zero-order valence-corrected chi connectivity index (χ0v) is 10.6. The highest BCUT2D eigenvalue weighted by molar-refractivity contribution is 5.90. The van der Waals surface area contributed by atoms with Gasteiger partial charge in [-0.25, -0.2) is 0 Å². The van der Waals surface area contributed by atoms with Gasteiger partial charge in [0.2, 0.25) is 5.91 Å². The first kappa shape index (κ1) is 12.6. The van der Waals surface area contributed by atoms with Gasteiger partial charge in [0.25, 0.3) is 0 Å². The lowest BCUT2D eigenvalue weighted by atomic mass is 9.71. The highest BCUT2D eigenvalue weighted by Crippen LogP contribution is 2.39. The van der Waals surface area contributed by atoms with Crippen LogP contribution < -0.4 is 5.32 Å². The summed E-state index contributed by atoms with van der Waals surface area (Å²) in [5.41, 5.74) is 0.457. The number of benzene rings is 1. The van der Waals surface area contributed by atoms with Crippen LogP contribution in [0.4, 0.5) is 0 Å². The molecule has 1 saturated heterocycles. The van der Waals surface area contributed by atoms with Gasteiger partial charge in [-0.1, -0.05) is 37.3 Å².